The van der Waals surface area contributed by atoms with Gasteiger partial charge >= 0.3 is 0 Å². The van der Waals surface area contributed by atoms with Crippen LogP contribution in [0.4, 0.5) is 0 Å². The molecule has 0 saturated carbocycles. The minimum Gasteiger partial charge on any atom is -0.312 e. The number of hydrogen-bond donors (Lipinski definition) is 3. The van der Waals surface area contributed by atoms with Crippen molar-refractivity contribution in [3.8, 4) is 0 Å². The summed E-state index contributed by atoms with van der Waals surface area (Å²) in [7, 11) is 0. The number of rotatable bonds is 4. The van der Waals surface area contributed by atoms with Crippen LogP contribution in [0.1, 0.15) is 0 Å². The average Bonchev–Trinajstić information content (AvgIpc) is 1.69. The molecule has 0 saturated heterocycles. The van der Waals surface area contributed by atoms with Gasteiger partial charge in [0.2, 0.25) is 0 Å². The Morgan fingerprint density at radius 3 is 1.86 bits per heavy atom. The maximum atomic E-state index is 6.52. The molecule has 0 amide bonds. The third-order valence-electron chi connectivity index (χ3n) is 0.493. The molecule has 0 rings (SSSR count). The van der Waals surface area contributed by atoms with Crippen LogP contribution in [0.15, 0.2) is 0 Å². The van der Waals surface area contributed by atoms with Crippen molar-refractivity contribution in [3.05, 3.63) is 0 Å². The van der Waals surface area contributed by atoms with Gasteiger partial charge in [0.25, 0.3) is 0 Å². The topological polar surface area (TPSA) is 59.7 Å². The molecule has 40 valence electrons. The summed E-state index contributed by atoms with van der Waals surface area (Å²) in [5.41, 5.74) is 0. The second kappa shape index (κ2) is 5.30. The first-order chi connectivity index (χ1) is 3.41. The standard InChI is InChI=1S/C4H9N3/c5-1-3-7-4-2-6/h1-2,5-7H,3-4H2. The van der Waals surface area contributed by atoms with Crippen molar-refractivity contribution in [2.24, 2.45) is 0 Å². The third-order valence-corrected chi connectivity index (χ3v) is 0.493. The maximum absolute atomic E-state index is 6.52. The van der Waals surface area contributed by atoms with Crippen molar-refractivity contribution >= 4 is 12.4 Å². The summed E-state index contributed by atoms with van der Waals surface area (Å²) in [6.45, 7) is 1.13. The molecule has 7 heavy (non-hydrogen) atoms. The highest BCUT2D eigenvalue weighted by molar-refractivity contribution is 5.59. The van der Waals surface area contributed by atoms with Crippen LogP contribution in [-0.4, -0.2) is 25.5 Å². The SMILES string of the molecule is N=CCNCC=N. The van der Waals surface area contributed by atoms with E-state index in [2.05, 4.69) is 5.32 Å². The van der Waals surface area contributed by atoms with E-state index < -0.39 is 0 Å². The van der Waals surface area contributed by atoms with Crippen molar-refractivity contribution < 1.29 is 0 Å². The van der Waals surface area contributed by atoms with Gasteiger partial charge in [0.1, 0.15) is 0 Å². The Bertz CT molecular complexity index is 52.0. The molecule has 0 unspecified atom stereocenters. The van der Waals surface area contributed by atoms with E-state index in [4.69, 9.17) is 10.8 Å². The van der Waals surface area contributed by atoms with E-state index in [0.29, 0.717) is 13.1 Å². The summed E-state index contributed by atoms with van der Waals surface area (Å²) in [6, 6.07) is 0. The lowest BCUT2D eigenvalue weighted by Gasteiger charge is -1.88. The van der Waals surface area contributed by atoms with Crippen molar-refractivity contribution in [2.45, 2.75) is 0 Å². The molecule has 0 aliphatic heterocycles. The Morgan fingerprint density at radius 2 is 1.57 bits per heavy atom. The van der Waals surface area contributed by atoms with E-state index >= 15 is 0 Å². The zero-order valence-corrected chi connectivity index (χ0v) is 4.07. The molecule has 3 N–H and O–H groups in total. The molecule has 3 heteroatoms. The number of hydrogen-bond acceptors (Lipinski definition) is 3. The van der Waals surface area contributed by atoms with Gasteiger partial charge in [0, 0.05) is 25.5 Å². The summed E-state index contributed by atoms with van der Waals surface area (Å²) in [6.07, 6.45) is 2.53. The van der Waals surface area contributed by atoms with Crippen LogP contribution in [0.5, 0.6) is 0 Å². The Morgan fingerprint density at radius 1 is 1.14 bits per heavy atom. The van der Waals surface area contributed by atoms with Crippen LogP contribution < -0.4 is 5.32 Å². The highest BCUT2D eigenvalue weighted by atomic mass is 14.8. The van der Waals surface area contributed by atoms with Gasteiger partial charge in [-0.05, 0) is 0 Å². The molecule has 0 aliphatic carbocycles. The van der Waals surface area contributed by atoms with E-state index in [1.807, 2.05) is 0 Å². The molecule has 0 heterocycles. The Labute approximate surface area is 42.8 Å². The zero-order chi connectivity index (χ0) is 5.54. The summed E-state index contributed by atoms with van der Waals surface area (Å²) < 4.78 is 0. The summed E-state index contributed by atoms with van der Waals surface area (Å²) in [5, 5.41) is 15.8. The molecule has 0 aromatic rings. The molecule has 0 atom stereocenters. The Hall–Kier alpha value is -0.700. The third kappa shape index (κ3) is 5.30. The molecule has 0 radical (unpaired) electrons. The van der Waals surface area contributed by atoms with Gasteiger partial charge in [0.05, 0.1) is 0 Å². The normalized spacial score (nSPS) is 8.00. The smallest absolute Gasteiger partial charge is 0.0305 e. The first-order valence-electron chi connectivity index (χ1n) is 2.10. The van der Waals surface area contributed by atoms with E-state index in [1.54, 1.807) is 0 Å². The number of nitrogens with one attached hydrogen (secondary N) is 3. The second-order valence-corrected chi connectivity index (χ2v) is 1.07. The Balaban J connectivity index is 2.68. The van der Waals surface area contributed by atoms with Crippen molar-refractivity contribution in [1.82, 2.24) is 5.32 Å². The fourth-order valence-corrected chi connectivity index (χ4v) is 0.228. The monoisotopic (exact) mass is 99.1 g/mol. The molecule has 0 aromatic heterocycles. The highest BCUT2D eigenvalue weighted by Crippen LogP contribution is 1.46. The minimum atomic E-state index is 0.565. The van der Waals surface area contributed by atoms with Gasteiger partial charge in [0.15, 0.2) is 0 Å². The van der Waals surface area contributed by atoms with Gasteiger partial charge in [-0.2, -0.15) is 0 Å². The Kier molecular flexibility index (Phi) is 4.77. The molecule has 0 fully saturated rings. The average molecular weight is 99.1 g/mol. The van der Waals surface area contributed by atoms with E-state index in [0.717, 1.165) is 0 Å². The van der Waals surface area contributed by atoms with E-state index in [-0.39, 0.29) is 0 Å². The zero-order valence-electron chi connectivity index (χ0n) is 4.07. The van der Waals surface area contributed by atoms with Crippen LogP contribution in [0.25, 0.3) is 0 Å². The predicted molar refractivity (Wildman–Crippen MR) is 30.4 cm³/mol. The van der Waals surface area contributed by atoms with Gasteiger partial charge in [-0.15, -0.1) is 0 Å². The summed E-state index contributed by atoms with van der Waals surface area (Å²) in [5.74, 6) is 0. The quantitative estimate of drug-likeness (QED) is 0.334. The van der Waals surface area contributed by atoms with E-state index in [9.17, 15) is 0 Å². The summed E-state index contributed by atoms with van der Waals surface area (Å²) in [4.78, 5) is 0. The van der Waals surface area contributed by atoms with Gasteiger partial charge in [-0.25, -0.2) is 0 Å². The van der Waals surface area contributed by atoms with Gasteiger partial charge < -0.3 is 16.1 Å². The summed E-state index contributed by atoms with van der Waals surface area (Å²) >= 11 is 0. The maximum Gasteiger partial charge on any atom is 0.0305 e. The van der Waals surface area contributed by atoms with Crippen LogP contribution in [0, 0.1) is 10.8 Å². The molecular weight excluding hydrogens is 90.1 g/mol. The van der Waals surface area contributed by atoms with Crippen LogP contribution in [0.2, 0.25) is 0 Å². The first-order valence-corrected chi connectivity index (χ1v) is 2.10. The lowest BCUT2D eigenvalue weighted by molar-refractivity contribution is 0.900. The van der Waals surface area contributed by atoms with Crippen LogP contribution >= 0.6 is 0 Å². The van der Waals surface area contributed by atoms with Crippen molar-refractivity contribution in [2.75, 3.05) is 13.1 Å². The molecule has 0 aromatic carbocycles. The van der Waals surface area contributed by atoms with Crippen molar-refractivity contribution in [3.63, 3.8) is 0 Å². The van der Waals surface area contributed by atoms with Crippen LogP contribution in [0.3, 0.4) is 0 Å². The fourth-order valence-electron chi connectivity index (χ4n) is 0.228. The lowest BCUT2D eigenvalue weighted by atomic mass is 10.6. The molecule has 0 aliphatic rings. The van der Waals surface area contributed by atoms with Gasteiger partial charge in [-0.1, -0.05) is 0 Å². The molecule has 3 nitrogen and oxygen atoms in total. The second-order valence-electron chi connectivity index (χ2n) is 1.07. The van der Waals surface area contributed by atoms with E-state index in [1.165, 1.54) is 12.4 Å². The fraction of sp³-hybridized carbons (Fsp3) is 0.500. The predicted octanol–water partition coefficient (Wildman–Crippen LogP) is -0.125. The van der Waals surface area contributed by atoms with Crippen molar-refractivity contribution in [1.29, 1.82) is 10.8 Å². The van der Waals surface area contributed by atoms with Gasteiger partial charge in [-0.3, -0.25) is 0 Å². The first kappa shape index (κ1) is 6.30. The minimum absolute atomic E-state index is 0.565. The largest absolute Gasteiger partial charge is 0.312 e. The highest BCUT2D eigenvalue weighted by Gasteiger charge is 1.71. The molecule has 0 spiro atoms. The van der Waals surface area contributed by atoms with Crippen LogP contribution in [-0.2, 0) is 0 Å². The molecular formula is C4H9N3. The lowest BCUT2D eigenvalue weighted by Crippen LogP contribution is -2.17. The molecule has 0 bridgehead atoms.